The molecule has 19 heavy (non-hydrogen) atoms. The molecule has 0 radical (unpaired) electrons. The molecule has 0 aliphatic carbocycles. The molecule has 1 aliphatic rings. The van der Waals surface area contributed by atoms with Gasteiger partial charge in [-0.1, -0.05) is 24.3 Å². The van der Waals surface area contributed by atoms with Crippen molar-refractivity contribution in [3.8, 4) is 0 Å². The first-order chi connectivity index (χ1) is 9.31. The van der Waals surface area contributed by atoms with E-state index in [1.165, 1.54) is 11.1 Å². The van der Waals surface area contributed by atoms with Gasteiger partial charge in [-0.15, -0.1) is 10.2 Å². The zero-order chi connectivity index (χ0) is 13.1. The van der Waals surface area contributed by atoms with Crippen LogP contribution in [0.4, 0.5) is 0 Å². The molecule has 0 saturated carbocycles. The second-order valence-corrected chi connectivity index (χ2v) is 5.07. The van der Waals surface area contributed by atoms with Gasteiger partial charge >= 0.3 is 0 Å². The Morgan fingerprint density at radius 3 is 2.63 bits per heavy atom. The fourth-order valence-corrected chi connectivity index (χ4v) is 2.63. The van der Waals surface area contributed by atoms with Crippen LogP contribution in [0.1, 0.15) is 11.1 Å². The molecular formula is C14H18N4O. The molecule has 0 amide bonds. The number of β-amino-alcohol motifs (C(OH)–C–C–N with tert-alkyl or cyclic N) is 1. The number of nitrogens with zero attached hydrogens (tertiary/aromatic N) is 4. The first-order valence-corrected chi connectivity index (χ1v) is 6.61. The van der Waals surface area contributed by atoms with E-state index in [-0.39, 0.29) is 6.10 Å². The van der Waals surface area contributed by atoms with Crippen LogP contribution in [0.25, 0.3) is 0 Å². The van der Waals surface area contributed by atoms with Crippen LogP contribution in [0.3, 0.4) is 0 Å². The minimum atomic E-state index is -0.388. The molecule has 1 aromatic carbocycles. The maximum Gasteiger partial charge on any atom is 0.119 e. The van der Waals surface area contributed by atoms with Crippen molar-refractivity contribution in [3.05, 3.63) is 48.0 Å². The molecule has 1 atom stereocenters. The van der Waals surface area contributed by atoms with Crippen molar-refractivity contribution < 1.29 is 5.11 Å². The van der Waals surface area contributed by atoms with Gasteiger partial charge in [0.05, 0.1) is 12.6 Å². The van der Waals surface area contributed by atoms with E-state index in [0.29, 0.717) is 13.1 Å². The molecule has 1 N–H and O–H groups in total. The highest BCUT2D eigenvalue weighted by Gasteiger charge is 2.18. The van der Waals surface area contributed by atoms with E-state index in [9.17, 15) is 5.11 Å². The molecule has 1 aliphatic heterocycles. The number of aromatic nitrogens is 3. The number of aliphatic hydroxyl groups is 1. The summed E-state index contributed by atoms with van der Waals surface area (Å²) < 4.78 is 1.81. The Bertz CT molecular complexity index is 526. The Balaban J connectivity index is 1.57. The van der Waals surface area contributed by atoms with Gasteiger partial charge < -0.3 is 9.67 Å². The monoisotopic (exact) mass is 258 g/mol. The van der Waals surface area contributed by atoms with Crippen LogP contribution in [0.2, 0.25) is 0 Å². The zero-order valence-electron chi connectivity index (χ0n) is 10.8. The SMILES string of the molecule is OC(CN1CCc2ccccc2C1)Cn1cnnc1. The highest BCUT2D eigenvalue weighted by Crippen LogP contribution is 2.18. The first-order valence-electron chi connectivity index (χ1n) is 6.61. The quantitative estimate of drug-likeness (QED) is 0.877. The van der Waals surface area contributed by atoms with Crippen molar-refractivity contribution in [3.63, 3.8) is 0 Å². The third kappa shape index (κ3) is 3.00. The lowest BCUT2D eigenvalue weighted by Gasteiger charge is -2.30. The molecule has 5 nitrogen and oxygen atoms in total. The van der Waals surface area contributed by atoms with Crippen LogP contribution in [0.5, 0.6) is 0 Å². The average Bonchev–Trinajstić information content (AvgIpc) is 2.91. The second-order valence-electron chi connectivity index (χ2n) is 5.07. The lowest BCUT2D eigenvalue weighted by Crippen LogP contribution is -2.38. The van der Waals surface area contributed by atoms with E-state index in [2.05, 4.69) is 39.4 Å². The molecule has 0 fully saturated rings. The second kappa shape index (κ2) is 5.50. The van der Waals surface area contributed by atoms with E-state index in [4.69, 9.17) is 0 Å². The Hall–Kier alpha value is -1.72. The molecule has 2 heterocycles. The van der Waals surface area contributed by atoms with Crippen LogP contribution in [-0.2, 0) is 19.5 Å². The molecule has 0 spiro atoms. The van der Waals surface area contributed by atoms with Crippen LogP contribution >= 0.6 is 0 Å². The van der Waals surface area contributed by atoms with E-state index in [1.54, 1.807) is 12.7 Å². The van der Waals surface area contributed by atoms with Gasteiger partial charge in [-0.2, -0.15) is 0 Å². The Morgan fingerprint density at radius 1 is 1.11 bits per heavy atom. The summed E-state index contributed by atoms with van der Waals surface area (Å²) >= 11 is 0. The van der Waals surface area contributed by atoms with Gasteiger partial charge in [-0.05, 0) is 17.5 Å². The molecule has 2 aromatic rings. The number of fused-ring (bicyclic) bond motifs is 1. The third-order valence-electron chi connectivity index (χ3n) is 3.57. The zero-order valence-corrected chi connectivity index (χ0v) is 10.8. The van der Waals surface area contributed by atoms with Gasteiger partial charge in [0, 0.05) is 19.6 Å². The predicted molar refractivity (Wildman–Crippen MR) is 71.5 cm³/mol. The Kier molecular flexibility index (Phi) is 3.57. The van der Waals surface area contributed by atoms with Crippen LogP contribution in [0.15, 0.2) is 36.9 Å². The summed E-state index contributed by atoms with van der Waals surface area (Å²) in [4.78, 5) is 2.30. The maximum absolute atomic E-state index is 10.1. The summed E-state index contributed by atoms with van der Waals surface area (Å²) in [5.74, 6) is 0. The summed E-state index contributed by atoms with van der Waals surface area (Å²) in [5, 5.41) is 17.6. The van der Waals surface area contributed by atoms with Gasteiger partial charge in [-0.25, -0.2) is 0 Å². The smallest absolute Gasteiger partial charge is 0.119 e. The first kappa shape index (κ1) is 12.3. The molecule has 5 heteroatoms. The standard InChI is InChI=1S/C14H18N4O/c19-14(9-18-10-15-16-11-18)8-17-6-5-12-3-1-2-4-13(12)7-17/h1-4,10-11,14,19H,5-9H2. The van der Waals surface area contributed by atoms with Crippen molar-refractivity contribution in [1.82, 2.24) is 19.7 Å². The van der Waals surface area contributed by atoms with E-state index < -0.39 is 0 Å². The van der Waals surface area contributed by atoms with Gasteiger partial charge in [0.1, 0.15) is 12.7 Å². The van der Waals surface area contributed by atoms with Crippen molar-refractivity contribution in [1.29, 1.82) is 0 Å². The number of hydrogen-bond acceptors (Lipinski definition) is 4. The normalized spacial score (nSPS) is 17.1. The maximum atomic E-state index is 10.1. The van der Waals surface area contributed by atoms with Crippen molar-refractivity contribution in [2.24, 2.45) is 0 Å². The van der Waals surface area contributed by atoms with Gasteiger partial charge in [0.25, 0.3) is 0 Å². The largest absolute Gasteiger partial charge is 0.390 e. The average molecular weight is 258 g/mol. The molecule has 100 valence electrons. The lowest BCUT2D eigenvalue weighted by atomic mass is 10.00. The summed E-state index contributed by atoms with van der Waals surface area (Å²) in [7, 11) is 0. The Labute approximate surface area is 112 Å². The van der Waals surface area contributed by atoms with Crippen molar-refractivity contribution in [2.75, 3.05) is 13.1 Å². The number of aliphatic hydroxyl groups excluding tert-OH is 1. The van der Waals surface area contributed by atoms with Gasteiger partial charge in [0.2, 0.25) is 0 Å². The van der Waals surface area contributed by atoms with Crippen LogP contribution < -0.4 is 0 Å². The van der Waals surface area contributed by atoms with Crippen molar-refractivity contribution >= 4 is 0 Å². The minimum absolute atomic E-state index is 0.388. The van der Waals surface area contributed by atoms with Crippen LogP contribution in [0, 0.1) is 0 Å². The lowest BCUT2D eigenvalue weighted by molar-refractivity contribution is 0.0917. The predicted octanol–water partition coefficient (Wildman–Crippen LogP) is 0.697. The molecular weight excluding hydrogens is 240 g/mol. The minimum Gasteiger partial charge on any atom is -0.390 e. The van der Waals surface area contributed by atoms with E-state index in [0.717, 1.165) is 19.5 Å². The summed E-state index contributed by atoms with van der Waals surface area (Å²) in [6.07, 6.45) is 3.94. The summed E-state index contributed by atoms with van der Waals surface area (Å²) in [6.45, 7) is 3.17. The highest BCUT2D eigenvalue weighted by atomic mass is 16.3. The third-order valence-corrected chi connectivity index (χ3v) is 3.57. The number of hydrogen-bond donors (Lipinski definition) is 1. The summed E-state index contributed by atoms with van der Waals surface area (Å²) in [6, 6.07) is 8.54. The molecule has 0 bridgehead atoms. The van der Waals surface area contributed by atoms with Crippen LogP contribution in [-0.4, -0.2) is 44.0 Å². The molecule has 1 unspecified atom stereocenters. The molecule has 3 rings (SSSR count). The fourth-order valence-electron chi connectivity index (χ4n) is 2.63. The topological polar surface area (TPSA) is 54.2 Å². The van der Waals surface area contributed by atoms with Crippen molar-refractivity contribution in [2.45, 2.75) is 25.6 Å². The summed E-state index contributed by atoms with van der Waals surface area (Å²) in [5.41, 5.74) is 2.82. The highest BCUT2D eigenvalue weighted by molar-refractivity contribution is 5.29. The molecule has 0 saturated heterocycles. The number of benzene rings is 1. The fraction of sp³-hybridized carbons (Fsp3) is 0.429. The van der Waals surface area contributed by atoms with Gasteiger partial charge in [-0.3, -0.25) is 4.90 Å². The number of rotatable bonds is 4. The van der Waals surface area contributed by atoms with E-state index >= 15 is 0 Å². The van der Waals surface area contributed by atoms with E-state index in [1.807, 2.05) is 4.57 Å². The van der Waals surface area contributed by atoms with Gasteiger partial charge in [0.15, 0.2) is 0 Å². The Morgan fingerprint density at radius 2 is 1.84 bits per heavy atom. The molecule has 1 aromatic heterocycles.